The summed E-state index contributed by atoms with van der Waals surface area (Å²) in [7, 11) is -4.75. The number of phosphoric ester groups is 1. The molecule has 0 radical (unpaired) electrons. The maximum absolute atomic E-state index is 12.3. The number of thioether (sulfide) groups is 1. The van der Waals surface area contributed by atoms with Crippen molar-refractivity contribution in [3.63, 3.8) is 0 Å². The van der Waals surface area contributed by atoms with Crippen molar-refractivity contribution in [1.29, 1.82) is 0 Å². The first-order chi connectivity index (χ1) is 19.6. The highest BCUT2D eigenvalue weighted by Crippen LogP contribution is 2.36. The van der Waals surface area contributed by atoms with Crippen LogP contribution in [-0.4, -0.2) is 51.9 Å². The molecule has 0 spiro atoms. The van der Waals surface area contributed by atoms with Crippen LogP contribution in [0.4, 0.5) is 0 Å². The zero-order valence-corrected chi connectivity index (χ0v) is 27.4. The van der Waals surface area contributed by atoms with Crippen molar-refractivity contribution in [3.8, 4) is 0 Å². The van der Waals surface area contributed by atoms with Crippen LogP contribution in [0.15, 0.2) is 0 Å². The van der Waals surface area contributed by atoms with Crippen LogP contribution >= 0.6 is 19.6 Å². The van der Waals surface area contributed by atoms with Gasteiger partial charge in [0.05, 0.1) is 6.61 Å². The van der Waals surface area contributed by atoms with Gasteiger partial charge in [-0.1, -0.05) is 121 Å². The normalized spacial score (nSPS) is 12.3. The molecule has 0 rings (SSSR count). The minimum Gasteiger partial charge on any atom is -0.462 e. The van der Waals surface area contributed by atoms with Crippen molar-refractivity contribution < 1.29 is 42.7 Å². The lowest BCUT2D eigenvalue weighted by molar-refractivity contribution is -0.161. The van der Waals surface area contributed by atoms with E-state index in [0.717, 1.165) is 63.5 Å². The molecule has 0 fully saturated rings. The van der Waals surface area contributed by atoms with Crippen molar-refractivity contribution in [1.82, 2.24) is 0 Å². The number of ether oxygens (including phenoxy) is 2. The van der Waals surface area contributed by atoms with E-state index >= 15 is 0 Å². The average Bonchev–Trinajstić information content (AvgIpc) is 2.91. The Labute approximate surface area is 252 Å². The molecule has 0 unspecified atom stereocenters. The quantitative estimate of drug-likeness (QED) is 0.0478. The molecule has 0 bridgehead atoms. The van der Waals surface area contributed by atoms with Gasteiger partial charge in [0.15, 0.2) is 11.2 Å². The molecule has 0 amide bonds. The molecule has 0 aromatic rings. The zero-order chi connectivity index (χ0) is 30.6. The highest BCUT2D eigenvalue weighted by Gasteiger charge is 2.22. The Morgan fingerprint density at radius 2 is 1.10 bits per heavy atom. The first-order valence-corrected chi connectivity index (χ1v) is 18.3. The third-order valence-electron chi connectivity index (χ3n) is 6.72. The highest BCUT2D eigenvalue weighted by molar-refractivity contribution is 8.13. The topological polar surface area (TPSA) is 136 Å². The Balaban J connectivity index is 4.01. The van der Waals surface area contributed by atoms with Crippen LogP contribution in [0.3, 0.4) is 0 Å². The number of rotatable bonds is 29. The predicted octanol–water partition coefficient (Wildman–Crippen LogP) is 8.04. The Kier molecular flexibility index (Phi) is 27.2. The van der Waals surface area contributed by atoms with Gasteiger partial charge in [-0.3, -0.25) is 18.9 Å². The summed E-state index contributed by atoms with van der Waals surface area (Å²) in [4.78, 5) is 53.3. The van der Waals surface area contributed by atoms with Gasteiger partial charge in [-0.15, -0.1) is 0 Å². The zero-order valence-electron chi connectivity index (χ0n) is 25.7. The van der Waals surface area contributed by atoms with Gasteiger partial charge in [0, 0.05) is 25.5 Å². The number of esters is 2. The van der Waals surface area contributed by atoms with E-state index in [1.165, 1.54) is 63.1 Å². The second kappa shape index (κ2) is 27.9. The third-order valence-corrected chi connectivity index (χ3v) is 8.11. The van der Waals surface area contributed by atoms with E-state index in [2.05, 4.69) is 11.4 Å². The molecule has 41 heavy (non-hydrogen) atoms. The predicted molar refractivity (Wildman–Crippen MR) is 165 cm³/mol. The van der Waals surface area contributed by atoms with E-state index in [-0.39, 0.29) is 24.6 Å². The summed E-state index contributed by atoms with van der Waals surface area (Å²) in [6, 6.07) is 0. The van der Waals surface area contributed by atoms with Crippen LogP contribution in [0.2, 0.25) is 0 Å². The van der Waals surface area contributed by atoms with Crippen molar-refractivity contribution in [2.75, 3.05) is 19.0 Å². The second-order valence-electron chi connectivity index (χ2n) is 10.8. The summed E-state index contributed by atoms with van der Waals surface area (Å²) >= 11 is 1.37. The van der Waals surface area contributed by atoms with Gasteiger partial charge in [-0.05, 0) is 19.3 Å². The van der Waals surface area contributed by atoms with Gasteiger partial charge in [-0.25, -0.2) is 4.57 Å². The van der Waals surface area contributed by atoms with Crippen LogP contribution in [0.25, 0.3) is 0 Å². The van der Waals surface area contributed by atoms with Crippen LogP contribution < -0.4 is 0 Å². The molecular formula is C30H57O9PS. The summed E-state index contributed by atoms with van der Waals surface area (Å²) in [5.74, 6) is -0.0624. The largest absolute Gasteiger partial charge is 0.469 e. The molecule has 0 aromatic carbocycles. The van der Waals surface area contributed by atoms with Gasteiger partial charge >= 0.3 is 19.8 Å². The lowest BCUT2D eigenvalue weighted by Gasteiger charge is -2.18. The first kappa shape index (κ1) is 40.1. The Hall–Kier alpha value is -0.930. The van der Waals surface area contributed by atoms with Gasteiger partial charge in [-0.2, -0.15) is 0 Å². The van der Waals surface area contributed by atoms with Crippen LogP contribution in [0, 0.1) is 0 Å². The molecule has 11 heteroatoms. The summed E-state index contributed by atoms with van der Waals surface area (Å²) in [5, 5.41) is 0.158. The Morgan fingerprint density at radius 1 is 0.659 bits per heavy atom. The molecule has 9 nitrogen and oxygen atoms in total. The van der Waals surface area contributed by atoms with E-state index in [1.54, 1.807) is 6.92 Å². The first-order valence-electron chi connectivity index (χ1n) is 15.8. The van der Waals surface area contributed by atoms with E-state index < -0.39 is 32.5 Å². The number of carbonyl (C=O) groups excluding carboxylic acids is 3. The summed E-state index contributed by atoms with van der Waals surface area (Å²) in [6.45, 7) is 2.96. The number of carbonyl (C=O) groups is 3. The fourth-order valence-electron chi connectivity index (χ4n) is 4.38. The number of hydrogen-bond acceptors (Lipinski definition) is 8. The molecule has 0 saturated heterocycles. The number of hydrogen-bond donors (Lipinski definition) is 2. The summed E-state index contributed by atoms with van der Waals surface area (Å²) < 4.78 is 26.1. The SMILES string of the molecule is CCCCCCCCCCCCCCC(=O)O[C@H](COC(=O)CCCCCCCCCSC(C)=O)COP(=O)(O)O. The molecule has 0 aliphatic rings. The lowest BCUT2D eigenvalue weighted by Crippen LogP contribution is -2.29. The third kappa shape index (κ3) is 31.8. The Bertz CT molecular complexity index is 714. The second-order valence-corrected chi connectivity index (χ2v) is 13.3. The molecule has 0 aliphatic heterocycles. The van der Waals surface area contributed by atoms with E-state index in [4.69, 9.17) is 19.3 Å². The van der Waals surface area contributed by atoms with Gasteiger partial charge in [0.2, 0.25) is 0 Å². The molecular weight excluding hydrogens is 567 g/mol. The molecule has 0 aromatic heterocycles. The minimum atomic E-state index is -4.75. The monoisotopic (exact) mass is 624 g/mol. The van der Waals surface area contributed by atoms with Crippen molar-refractivity contribution in [2.24, 2.45) is 0 Å². The van der Waals surface area contributed by atoms with Crippen molar-refractivity contribution in [2.45, 2.75) is 155 Å². The lowest BCUT2D eigenvalue weighted by atomic mass is 10.0. The smallest absolute Gasteiger partial charge is 0.462 e. The van der Waals surface area contributed by atoms with Crippen molar-refractivity contribution >= 4 is 36.6 Å². The van der Waals surface area contributed by atoms with E-state index in [9.17, 15) is 18.9 Å². The average molecular weight is 625 g/mol. The maximum Gasteiger partial charge on any atom is 0.469 e. The summed E-state index contributed by atoms with van der Waals surface area (Å²) in [5.41, 5.74) is 0. The molecule has 1 atom stereocenters. The minimum absolute atomic E-state index is 0.158. The van der Waals surface area contributed by atoms with Crippen LogP contribution in [0.1, 0.15) is 149 Å². The van der Waals surface area contributed by atoms with E-state index in [1.807, 2.05) is 0 Å². The van der Waals surface area contributed by atoms with Crippen LogP contribution in [-0.2, 0) is 32.9 Å². The van der Waals surface area contributed by atoms with E-state index in [0.29, 0.717) is 12.8 Å². The van der Waals surface area contributed by atoms with Crippen molar-refractivity contribution in [3.05, 3.63) is 0 Å². The molecule has 2 N–H and O–H groups in total. The van der Waals surface area contributed by atoms with Crippen LogP contribution in [0.5, 0.6) is 0 Å². The Morgan fingerprint density at radius 3 is 1.56 bits per heavy atom. The molecule has 0 heterocycles. The molecule has 242 valence electrons. The summed E-state index contributed by atoms with van der Waals surface area (Å²) in [6.07, 6.45) is 20.5. The fourth-order valence-corrected chi connectivity index (χ4v) is 5.38. The van der Waals surface area contributed by atoms with Gasteiger partial charge < -0.3 is 19.3 Å². The highest BCUT2D eigenvalue weighted by atomic mass is 32.2. The molecule has 0 aliphatic carbocycles. The number of unbranched alkanes of at least 4 members (excludes halogenated alkanes) is 17. The maximum atomic E-state index is 12.3. The standard InChI is InChI=1S/C30H57O9PS/c1-3-4-5-6-7-8-9-10-11-13-17-20-23-30(33)39-28(26-38-40(34,35)36)25-37-29(32)22-19-16-14-12-15-18-21-24-41-27(2)31/h28H,3-26H2,1-2H3,(H2,34,35,36)/t28-/m1/s1. The fraction of sp³-hybridized carbons (Fsp3) is 0.900. The number of phosphoric acid groups is 1. The molecule has 0 saturated carbocycles. The van der Waals surface area contributed by atoms with Gasteiger partial charge in [0.1, 0.15) is 6.61 Å². The van der Waals surface area contributed by atoms with Gasteiger partial charge in [0.25, 0.3) is 0 Å².